The predicted molar refractivity (Wildman–Crippen MR) is 76.9 cm³/mol. The molecule has 1 aromatic carbocycles. The largest absolute Gasteiger partial charge is 0.493 e. The maximum atomic E-state index is 12.2. The van der Waals surface area contributed by atoms with E-state index in [4.69, 9.17) is 4.74 Å². The van der Waals surface area contributed by atoms with Gasteiger partial charge in [0.25, 0.3) is 5.91 Å². The number of benzene rings is 1. The molecule has 0 fully saturated rings. The molecule has 0 spiro atoms. The lowest BCUT2D eigenvalue weighted by molar-refractivity contribution is -0.0512. The quantitative estimate of drug-likeness (QED) is 0.882. The lowest BCUT2D eigenvalue weighted by Crippen LogP contribution is -2.12. The molecule has 0 radical (unpaired) electrons. The normalized spacial score (nSPS) is 10.6. The second-order valence-corrected chi connectivity index (χ2v) is 5.11. The van der Waals surface area contributed by atoms with E-state index in [1.807, 2.05) is 6.92 Å². The van der Waals surface area contributed by atoms with Crippen molar-refractivity contribution in [2.75, 3.05) is 12.4 Å². The van der Waals surface area contributed by atoms with Crippen LogP contribution in [0.4, 0.5) is 13.9 Å². The van der Waals surface area contributed by atoms with E-state index >= 15 is 0 Å². The van der Waals surface area contributed by atoms with Gasteiger partial charge in [0.1, 0.15) is 5.01 Å². The molecule has 1 amide bonds. The number of alkyl halides is 2. The fourth-order valence-electron chi connectivity index (χ4n) is 1.62. The van der Waals surface area contributed by atoms with Crippen LogP contribution in [0.2, 0.25) is 0 Å². The molecular weight excluding hydrogens is 316 g/mol. The third-order valence-corrected chi connectivity index (χ3v) is 3.61. The first-order valence-corrected chi connectivity index (χ1v) is 7.11. The molecule has 1 heterocycles. The third kappa shape index (κ3) is 3.88. The van der Waals surface area contributed by atoms with Gasteiger partial charge < -0.3 is 9.47 Å². The number of halogens is 2. The number of rotatable bonds is 6. The summed E-state index contributed by atoms with van der Waals surface area (Å²) >= 11 is 1.27. The van der Waals surface area contributed by atoms with Crippen molar-refractivity contribution < 1.29 is 23.0 Å². The number of carbonyl (C=O) groups is 1. The van der Waals surface area contributed by atoms with Gasteiger partial charge in [0.2, 0.25) is 5.13 Å². The molecule has 6 nitrogen and oxygen atoms in total. The Hall–Kier alpha value is -2.29. The Bertz CT molecular complexity index is 664. The van der Waals surface area contributed by atoms with Crippen molar-refractivity contribution in [2.24, 2.45) is 0 Å². The molecule has 0 aliphatic rings. The number of nitrogens with one attached hydrogen (secondary N) is 1. The Morgan fingerprint density at radius 2 is 2.14 bits per heavy atom. The topological polar surface area (TPSA) is 73.3 Å². The highest BCUT2D eigenvalue weighted by molar-refractivity contribution is 7.15. The molecule has 0 aliphatic heterocycles. The van der Waals surface area contributed by atoms with E-state index in [1.54, 1.807) is 0 Å². The van der Waals surface area contributed by atoms with Gasteiger partial charge in [0, 0.05) is 5.56 Å². The number of aryl methyl sites for hydroxylation is 1. The number of anilines is 1. The highest BCUT2D eigenvalue weighted by atomic mass is 32.1. The number of ether oxygens (including phenoxy) is 2. The number of carbonyl (C=O) groups excluding carboxylic acids is 1. The Labute approximate surface area is 129 Å². The predicted octanol–water partition coefficient (Wildman–Crippen LogP) is 2.96. The van der Waals surface area contributed by atoms with Crippen molar-refractivity contribution in [3.05, 3.63) is 28.8 Å². The molecule has 0 bridgehead atoms. The summed E-state index contributed by atoms with van der Waals surface area (Å²) in [6, 6.07) is 3.92. The number of methoxy groups -OCH3 is 1. The van der Waals surface area contributed by atoms with E-state index in [0.29, 0.717) is 5.13 Å². The van der Waals surface area contributed by atoms with Crippen molar-refractivity contribution in [3.63, 3.8) is 0 Å². The van der Waals surface area contributed by atoms with E-state index in [2.05, 4.69) is 20.3 Å². The molecule has 0 aliphatic carbocycles. The van der Waals surface area contributed by atoms with Crippen molar-refractivity contribution >= 4 is 22.4 Å². The molecular formula is C13H13F2N3O3S. The van der Waals surface area contributed by atoms with Crippen LogP contribution in [0.15, 0.2) is 18.2 Å². The van der Waals surface area contributed by atoms with E-state index < -0.39 is 12.5 Å². The van der Waals surface area contributed by atoms with Crippen LogP contribution in [0.3, 0.4) is 0 Å². The first kappa shape index (κ1) is 16.1. The number of aromatic nitrogens is 2. The summed E-state index contributed by atoms with van der Waals surface area (Å²) in [6.45, 7) is -1.04. The maximum absolute atomic E-state index is 12.2. The van der Waals surface area contributed by atoms with Crippen LogP contribution in [0.5, 0.6) is 11.5 Å². The first-order valence-electron chi connectivity index (χ1n) is 6.30. The van der Waals surface area contributed by atoms with Crippen molar-refractivity contribution in [1.29, 1.82) is 0 Å². The first-order chi connectivity index (χ1) is 10.5. The van der Waals surface area contributed by atoms with Crippen LogP contribution >= 0.6 is 11.3 Å². The smallest absolute Gasteiger partial charge is 0.387 e. The third-order valence-electron chi connectivity index (χ3n) is 2.63. The van der Waals surface area contributed by atoms with E-state index in [-0.39, 0.29) is 17.1 Å². The van der Waals surface area contributed by atoms with Gasteiger partial charge in [0.15, 0.2) is 11.5 Å². The van der Waals surface area contributed by atoms with Crippen LogP contribution in [-0.4, -0.2) is 29.8 Å². The lowest BCUT2D eigenvalue weighted by Gasteiger charge is -2.11. The fraction of sp³-hybridized carbons (Fsp3) is 0.308. The average molecular weight is 329 g/mol. The zero-order valence-corrected chi connectivity index (χ0v) is 12.6. The fourth-order valence-corrected chi connectivity index (χ4v) is 2.29. The van der Waals surface area contributed by atoms with Gasteiger partial charge in [-0.3, -0.25) is 10.1 Å². The Morgan fingerprint density at radius 1 is 1.36 bits per heavy atom. The van der Waals surface area contributed by atoms with Gasteiger partial charge in [0.05, 0.1) is 7.11 Å². The molecule has 118 valence electrons. The minimum Gasteiger partial charge on any atom is -0.493 e. The number of amides is 1. The van der Waals surface area contributed by atoms with Crippen molar-refractivity contribution in [3.8, 4) is 11.5 Å². The van der Waals surface area contributed by atoms with Crippen LogP contribution in [0.25, 0.3) is 0 Å². The SMILES string of the molecule is CCc1nnc(NC(=O)c2ccc(OC(F)F)c(OC)c2)s1. The molecule has 2 rings (SSSR count). The summed E-state index contributed by atoms with van der Waals surface area (Å²) in [6.07, 6.45) is 0.723. The van der Waals surface area contributed by atoms with Gasteiger partial charge in [-0.25, -0.2) is 0 Å². The maximum Gasteiger partial charge on any atom is 0.387 e. The Balaban J connectivity index is 2.15. The molecule has 1 N–H and O–H groups in total. The molecule has 2 aromatic rings. The molecule has 1 aromatic heterocycles. The van der Waals surface area contributed by atoms with Gasteiger partial charge >= 0.3 is 6.61 Å². The van der Waals surface area contributed by atoms with Crippen LogP contribution in [0.1, 0.15) is 22.3 Å². The zero-order valence-electron chi connectivity index (χ0n) is 11.8. The van der Waals surface area contributed by atoms with Crippen LogP contribution < -0.4 is 14.8 Å². The zero-order chi connectivity index (χ0) is 16.1. The van der Waals surface area contributed by atoms with Gasteiger partial charge in [-0.05, 0) is 24.6 Å². The molecule has 0 atom stereocenters. The monoisotopic (exact) mass is 329 g/mol. The molecule has 22 heavy (non-hydrogen) atoms. The standard InChI is InChI=1S/C13H13F2N3O3S/c1-3-10-17-18-13(22-10)16-11(19)7-4-5-8(21-12(14)15)9(6-7)20-2/h4-6,12H,3H2,1-2H3,(H,16,18,19). The minimum absolute atomic E-state index is 0.0412. The summed E-state index contributed by atoms with van der Waals surface area (Å²) in [7, 11) is 1.30. The summed E-state index contributed by atoms with van der Waals surface area (Å²) < 4.78 is 33.7. The van der Waals surface area contributed by atoms with E-state index in [1.165, 1.54) is 36.6 Å². The van der Waals surface area contributed by atoms with Gasteiger partial charge in [-0.1, -0.05) is 18.3 Å². The van der Waals surface area contributed by atoms with Crippen molar-refractivity contribution in [2.45, 2.75) is 20.0 Å². The minimum atomic E-state index is -2.97. The highest BCUT2D eigenvalue weighted by Gasteiger charge is 2.15. The van der Waals surface area contributed by atoms with E-state index in [0.717, 1.165) is 11.4 Å². The summed E-state index contributed by atoms with van der Waals surface area (Å²) in [5.74, 6) is -0.543. The summed E-state index contributed by atoms with van der Waals surface area (Å²) in [5, 5.41) is 11.5. The van der Waals surface area contributed by atoms with Gasteiger partial charge in [-0.2, -0.15) is 8.78 Å². The number of nitrogens with zero attached hydrogens (tertiary/aromatic N) is 2. The van der Waals surface area contributed by atoms with Crippen LogP contribution in [-0.2, 0) is 6.42 Å². The second-order valence-electron chi connectivity index (χ2n) is 4.05. The Kier molecular flexibility index (Phi) is 5.21. The molecule has 0 saturated carbocycles. The molecule has 0 unspecified atom stereocenters. The molecule has 0 saturated heterocycles. The van der Waals surface area contributed by atoms with Gasteiger partial charge in [-0.15, -0.1) is 10.2 Å². The second kappa shape index (κ2) is 7.12. The van der Waals surface area contributed by atoms with Crippen molar-refractivity contribution in [1.82, 2.24) is 10.2 Å². The summed E-state index contributed by atoms with van der Waals surface area (Å²) in [5.41, 5.74) is 0.228. The van der Waals surface area contributed by atoms with E-state index in [9.17, 15) is 13.6 Å². The summed E-state index contributed by atoms with van der Waals surface area (Å²) in [4.78, 5) is 12.1. The Morgan fingerprint density at radius 3 is 2.73 bits per heavy atom. The lowest BCUT2D eigenvalue weighted by atomic mass is 10.2. The average Bonchev–Trinajstić information content (AvgIpc) is 2.94. The number of hydrogen-bond acceptors (Lipinski definition) is 6. The highest BCUT2D eigenvalue weighted by Crippen LogP contribution is 2.29. The molecule has 9 heteroatoms. The number of hydrogen-bond donors (Lipinski definition) is 1. The van der Waals surface area contributed by atoms with Crippen LogP contribution in [0, 0.1) is 0 Å².